The molecule has 0 aliphatic rings. The van der Waals surface area contributed by atoms with Crippen LogP contribution in [-0.2, 0) is 14.3 Å². The number of amides is 1. The first-order chi connectivity index (χ1) is 7.65. The van der Waals surface area contributed by atoms with Gasteiger partial charge in [0.1, 0.15) is 11.6 Å². The fourth-order valence-corrected chi connectivity index (χ4v) is 0.927. The van der Waals surface area contributed by atoms with Crippen LogP contribution in [0.3, 0.4) is 0 Å². The van der Waals surface area contributed by atoms with Crippen LogP contribution in [0.25, 0.3) is 0 Å². The Bertz CT molecular complexity index is 270. The van der Waals surface area contributed by atoms with E-state index < -0.39 is 23.7 Å². The Hall–Kier alpha value is -1.26. The van der Waals surface area contributed by atoms with Gasteiger partial charge < -0.3 is 14.8 Å². The van der Waals surface area contributed by atoms with E-state index in [1.165, 1.54) is 0 Å². The molecule has 0 spiro atoms. The summed E-state index contributed by atoms with van der Waals surface area (Å²) < 4.78 is 10.1. The van der Waals surface area contributed by atoms with Gasteiger partial charge in [-0.15, -0.1) is 0 Å². The minimum Gasteiger partial charge on any atom is -0.461 e. The summed E-state index contributed by atoms with van der Waals surface area (Å²) in [6, 6.07) is -0.709. The molecule has 5 heteroatoms. The van der Waals surface area contributed by atoms with E-state index in [1.54, 1.807) is 34.6 Å². The Kier molecular flexibility index (Phi) is 5.99. The van der Waals surface area contributed by atoms with Crippen molar-refractivity contribution >= 4 is 12.1 Å². The number of esters is 1. The summed E-state index contributed by atoms with van der Waals surface area (Å²) in [7, 11) is 0. The van der Waals surface area contributed by atoms with Crippen LogP contribution in [0.2, 0.25) is 0 Å². The van der Waals surface area contributed by atoms with Gasteiger partial charge >= 0.3 is 12.1 Å². The van der Waals surface area contributed by atoms with Crippen molar-refractivity contribution in [2.75, 3.05) is 0 Å². The molecule has 100 valence electrons. The van der Waals surface area contributed by atoms with Gasteiger partial charge in [0, 0.05) is 0 Å². The van der Waals surface area contributed by atoms with Crippen molar-refractivity contribution in [3.63, 3.8) is 0 Å². The van der Waals surface area contributed by atoms with Crippen LogP contribution in [-0.4, -0.2) is 29.8 Å². The fraction of sp³-hybridized carbons (Fsp3) is 0.833. The number of carbonyl (C=O) groups is 2. The van der Waals surface area contributed by atoms with E-state index in [4.69, 9.17) is 9.47 Å². The third-order valence-corrected chi connectivity index (χ3v) is 1.98. The van der Waals surface area contributed by atoms with Crippen LogP contribution in [0.5, 0.6) is 0 Å². The normalized spacial score (nSPS) is 14.7. The van der Waals surface area contributed by atoms with Gasteiger partial charge in [-0.1, -0.05) is 6.92 Å². The molecule has 0 aliphatic carbocycles. The molecule has 1 unspecified atom stereocenters. The highest BCUT2D eigenvalue weighted by atomic mass is 16.6. The zero-order chi connectivity index (χ0) is 13.6. The topological polar surface area (TPSA) is 64.6 Å². The summed E-state index contributed by atoms with van der Waals surface area (Å²) in [5.41, 5.74) is -0.579. The number of hydrogen-bond acceptors (Lipinski definition) is 4. The average molecular weight is 245 g/mol. The van der Waals surface area contributed by atoms with Gasteiger partial charge in [-0.3, -0.25) is 0 Å². The molecular formula is C12H23NO4. The van der Waals surface area contributed by atoms with Gasteiger partial charge in [0.2, 0.25) is 0 Å². The molecule has 0 rings (SSSR count). The van der Waals surface area contributed by atoms with Crippen molar-refractivity contribution in [2.24, 2.45) is 0 Å². The molecule has 1 amide bonds. The highest BCUT2D eigenvalue weighted by molar-refractivity contribution is 5.81. The highest BCUT2D eigenvalue weighted by Crippen LogP contribution is 2.07. The summed E-state index contributed by atoms with van der Waals surface area (Å²) in [5.74, 6) is -0.454. The molecule has 0 aromatic carbocycles. The summed E-state index contributed by atoms with van der Waals surface area (Å²) in [5, 5.41) is 2.43. The molecule has 5 nitrogen and oxygen atoms in total. The first-order valence-corrected chi connectivity index (χ1v) is 5.85. The average Bonchev–Trinajstić information content (AvgIpc) is 2.14. The Labute approximate surface area is 103 Å². The molecule has 17 heavy (non-hydrogen) atoms. The maximum Gasteiger partial charge on any atom is 0.408 e. The number of carbonyl (C=O) groups excluding carboxylic acids is 2. The lowest BCUT2D eigenvalue weighted by Crippen LogP contribution is -2.43. The van der Waals surface area contributed by atoms with Crippen molar-refractivity contribution in [3.05, 3.63) is 0 Å². The Balaban J connectivity index is 4.12. The summed E-state index contributed by atoms with van der Waals surface area (Å²) in [4.78, 5) is 22.9. The number of hydrogen-bond donors (Lipinski definition) is 1. The molecule has 0 saturated carbocycles. The van der Waals surface area contributed by atoms with Crippen LogP contribution in [0.1, 0.15) is 48.0 Å². The van der Waals surface area contributed by atoms with Crippen molar-refractivity contribution in [1.29, 1.82) is 0 Å². The molecule has 0 fully saturated rings. The summed E-state index contributed by atoms with van der Waals surface area (Å²) in [6.07, 6.45) is -0.0262. The van der Waals surface area contributed by atoms with Crippen LogP contribution >= 0.6 is 0 Å². The number of rotatable bonds is 4. The van der Waals surface area contributed by atoms with E-state index in [-0.39, 0.29) is 6.10 Å². The van der Waals surface area contributed by atoms with E-state index >= 15 is 0 Å². The Morgan fingerprint density at radius 1 is 1.24 bits per heavy atom. The SMILES string of the molecule is CCC(C)OC(=O)[C@H](C)NC(=O)OC(C)(C)C. The highest BCUT2D eigenvalue weighted by Gasteiger charge is 2.22. The standard InChI is InChI=1S/C12H23NO4/c1-7-8(2)16-10(14)9(3)13-11(15)17-12(4,5)6/h8-9H,7H2,1-6H3,(H,13,15)/t8?,9-/m0/s1. The molecule has 0 aliphatic heterocycles. The number of ether oxygens (including phenoxy) is 2. The van der Waals surface area contributed by atoms with Gasteiger partial charge in [-0.2, -0.15) is 0 Å². The Morgan fingerprint density at radius 3 is 2.18 bits per heavy atom. The predicted molar refractivity (Wildman–Crippen MR) is 64.7 cm³/mol. The number of alkyl carbamates (subject to hydrolysis) is 1. The summed E-state index contributed by atoms with van der Waals surface area (Å²) >= 11 is 0. The van der Waals surface area contributed by atoms with Gasteiger partial charge in [0.25, 0.3) is 0 Å². The van der Waals surface area contributed by atoms with Crippen molar-refractivity contribution in [3.8, 4) is 0 Å². The molecule has 0 saturated heterocycles. The minimum absolute atomic E-state index is 0.148. The zero-order valence-electron chi connectivity index (χ0n) is 11.5. The Morgan fingerprint density at radius 2 is 1.76 bits per heavy atom. The van der Waals surface area contributed by atoms with E-state index in [0.717, 1.165) is 6.42 Å². The summed E-state index contributed by atoms with van der Waals surface area (Å²) in [6.45, 7) is 10.6. The van der Waals surface area contributed by atoms with E-state index in [1.807, 2.05) is 6.92 Å². The second-order valence-corrected chi connectivity index (χ2v) is 5.02. The quantitative estimate of drug-likeness (QED) is 0.771. The second-order valence-electron chi connectivity index (χ2n) is 5.02. The molecule has 0 bridgehead atoms. The maximum atomic E-state index is 11.5. The predicted octanol–water partition coefficient (Wildman–Crippen LogP) is 2.24. The van der Waals surface area contributed by atoms with Gasteiger partial charge in [0.15, 0.2) is 0 Å². The molecule has 2 atom stereocenters. The molecule has 0 aromatic heterocycles. The van der Waals surface area contributed by atoms with Crippen LogP contribution in [0.4, 0.5) is 4.79 Å². The third-order valence-electron chi connectivity index (χ3n) is 1.98. The molecule has 0 aromatic rings. The molecule has 1 N–H and O–H groups in total. The molecule has 0 radical (unpaired) electrons. The smallest absolute Gasteiger partial charge is 0.408 e. The first kappa shape index (κ1) is 15.7. The van der Waals surface area contributed by atoms with Crippen LogP contribution in [0, 0.1) is 0 Å². The first-order valence-electron chi connectivity index (χ1n) is 5.85. The van der Waals surface area contributed by atoms with Gasteiger partial charge in [-0.05, 0) is 41.0 Å². The van der Waals surface area contributed by atoms with E-state index in [0.29, 0.717) is 0 Å². The molecule has 0 heterocycles. The minimum atomic E-state index is -0.709. The monoisotopic (exact) mass is 245 g/mol. The second kappa shape index (κ2) is 6.47. The van der Waals surface area contributed by atoms with Crippen molar-refractivity contribution < 1.29 is 19.1 Å². The zero-order valence-corrected chi connectivity index (χ0v) is 11.5. The third kappa shape index (κ3) is 7.60. The largest absolute Gasteiger partial charge is 0.461 e. The maximum absolute atomic E-state index is 11.5. The van der Waals surface area contributed by atoms with Crippen LogP contribution in [0.15, 0.2) is 0 Å². The lowest BCUT2D eigenvalue weighted by atomic mass is 10.2. The fourth-order valence-electron chi connectivity index (χ4n) is 0.927. The lowest BCUT2D eigenvalue weighted by molar-refractivity contribution is -0.150. The number of nitrogens with one attached hydrogen (secondary N) is 1. The lowest BCUT2D eigenvalue weighted by Gasteiger charge is -2.22. The van der Waals surface area contributed by atoms with Gasteiger partial charge in [-0.25, -0.2) is 9.59 Å². The van der Waals surface area contributed by atoms with Crippen molar-refractivity contribution in [2.45, 2.75) is 65.7 Å². The van der Waals surface area contributed by atoms with Crippen LogP contribution < -0.4 is 5.32 Å². The van der Waals surface area contributed by atoms with E-state index in [2.05, 4.69) is 5.32 Å². The van der Waals surface area contributed by atoms with Gasteiger partial charge in [0.05, 0.1) is 6.10 Å². The van der Waals surface area contributed by atoms with Crippen molar-refractivity contribution in [1.82, 2.24) is 5.32 Å². The molecular weight excluding hydrogens is 222 g/mol. The van der Waals surface area contributed by atoms with E-state index in [9.17, 15) is 9.59 Å².